The molecule has 0 fully saturated rings. The summed E-state index contributed by atoms with van der Waals surface area (Å²) in [5.74, 6) is 0.543. The zero-order chi connectivity index (χ0) is 14.5. The molecule has 1 aromatic heterocycles. The van der Waals surface area contributed by atoms with Crippen molar-refractivity contribution in [3.05, 3.63) is 45.4 Å². The first kappa shape index (κ1) is 14.7. The summed E-state index contributed by atoms with van der Waals surface area (Å²) in [5, 5.41) is 0.892. The lowest BCUT2D eigenvalue weighted by atomic mass is 10.1. The maximum atomic E-state index is 12.6. The van der Waals surface area contributed by atoms with E-state index >= 15 is 0 Å². The topological polar surface area (TPSA) is 48.4 Å². The van der Waals surface area contributed by atoms with Crippen LogP contribution in [0.2, 0.25) is 0 Å². The van der Waals surface area contributed by atoms with E-state index < -0.39 is 0 Å². The van der Waals surface area contributed by atoms with Crippen LogP contribution in [-0.2, 0) is 4.74 Å². The molecule has 0 saturated carbocycles. The summed E-state index contributed by atoms with van der Waals surface area (Å²) in [6, 6.07) is 7.26. The van der Waals surface area contributed by atoms with Crippen LogP contribution in [0.25, 0.3) is 0 Å². The highest BCUT2D eigenvalue weighted by molar-refractivity contribution is 7.14. The minimum Gasteiger partial charge on any atom is -0.490 e. The smallest absolute Gasteiger partial charge is 0.208 e. The van der Waals surface area contributed by atoms with E-state index in [1.165, 1.54) is 11.3 Å². The summed E-state index contributed by atoms with van der Waals surface area (Å²) < 4.78 is 10.6. The third-order valence-electron chi connectivity index (χ3n) is 2.79. The van der Waals surface area contributed by atoms with E-state index in [4.69, 9.17) is 9.47 Å². The fourth-order valence-corrected chi connectivity index (χ4v) is 2.75. The van der Waals surface area contributed by atoms with Crippen molar-refractivity contribution in [3.63, 3.8) is 0 Å². The zero-order valence-corrected chi connectivity index (χ0v) is 12.6. The van der Waals surface area contributed by atoms with Crippen molar-refractivity contribution in [1.29, 1.82) is 0 Å². The van der Waals surface area contributed by atoms with E-state index in [0.717, 1.165) is 10.7 Å². The van der Waals surface area contributed by atoms with Crippen LogP contribution < -0.4 is 4.74 Å². The Kier molecular flexibility index (Phi) is 4.87. The molecule has 0 aliphatic heterocycles. The molecule has 2 aromatic rings. The Hall–Kier alpha value is -1.72. The molecule has 1 aromatic carbocycles. The molecule has 1 heterocycles. The van der Waals surface area contributed by atoms with Gasteiger partial charge in [-0.2, -0.15) is 0 Å². The van der Waals surface area contributed by atoms with Gasteiger partial charge in [-0.1, -0.05) is 12.1 Å². The number of ether oxygens (including phenoxy) is 2. The number of ketones is 1. The second-order valence-corrected chi connectivity index (χ2v) is 5.52. The molecule has 0 radical (unpaired) electrons. The maximum absolute atomic E-state index is 12.6. The summed E-state index contributed by atoms with van der Waals surface area (Å²) in [7, 11) is 1.61. The fourth-order valence-electron chi connectivity index (χ4n) is 1.88. The molecule has 0 unspecified atom stereocenters. The lowest BCUT2D eigenvalue weighted by Gasteiger charge is -2.09. The van der Waals surface area contributed by atoms with Gasteiger partial charge in [-0.25, -0.2) is 4.98 Å². The van der Waals surface area contributed by atoms with Crippen molar-refractivity contribution in [1.82, 2.24) is 4.98 Å². The first-order valence-corrected chi connectivity index (χ1v) is 7.14. The Balaban J connectivity index is 2.27. The Morgan fingerprint density at radius 1 is 1.25 bits per heavy atom. The monoisotopic (exact) mass is 291 g/mol. The van der Waals surface area contributed by atoms with Crippen molar-refractivity contribution in [3.8, 4) is 5.75 Å². The summed E-state index contributed by atoms with van der Waals surface area (Å²) >= 11 is 1.41. The molecule has 0 amide bonds. The van der Waals surface area contributed by atoms with Crippen LogP contribution in [0.1, 0.15) is 25.9 Å². The van der Waals surface area contributed by atoms with Crippen molar-refractivity contribution in [2.24, 2.45) is 0 Å². The van der Waals surface area contributed by atoms with E-state index in [0.29, 0.717) is 29.4 Å². The number of nitrogens with zero attached hydrogens (tertiary/aromatic N) is 1. The van der Waals surface area contributed by atoms with Gasteiger partial charge in [-0.3, -0.25) is 4.79 Å². The Morgan fingerprint density at radius 3 is 2.65 bits per heavy atom. The van der Waals surface area contributed by atoms with Crippen LogP contribution in [0.15, 0.2) is 24.3 Å². The summed E-state index contributed by atoms with van der Waals surface area (Å²) in [6.45, 7) is 4.66. The number of aromatic nitrogens is 1. The predicted molar refractivity (Wildman–Crippen MR) is 78.8 cm³/mol. The Labute approximate surface area is 122 Å². The lowest BCUT2D eigenvalue weighted by molar-refractivity contribution is 0.103. The van der Waals surface area contributed by atoms with Crippen LogP contribution in [0.3, 0.4) is 0 Å². The standard InChI is InChI=1S/C15H17NO3S/c1-10-15(20-11(2)16-10)14(17)12-6-4-5-7-13(12)19-9-8-18-3/h4-7H,8-9H2,1-3H3. The van der Waals surface area contributed by atoms with Crippen LogP contribution in [0, 0.1) is 13.8 Å². The van der Waals surface area contributed by atoms with E-state index in [1.54, 1.807) is 19.2 Å². The van der Waals surface area contributed by atoms with Crippen LogP contribution in [-0.4, -0.2) is 31.1 Å². The highest BCUT2D eigenvalue weighted by atomic mass is 32.1. The highest BCUT2D eigenvalue weighted by Gasteiger charge is 2.19. The number of thiazole rings is 1. The van der Waals surface area contributed by atoms with Crippen LogP contribution >= 0.6 is 11.3 Å². The SMILES string of the molecule is COCCOc1ccccc1C(=O)c1sc(C)nc1C. The van der Waals surface area contributed by atoms with E-state index in [2.05, 4.69) is 4.98 Å². The van der Waals surface area contributed by atoms with Gasteiger partial charge in [0.1, 0.15) is 12.4 Å². The number of hydrogen-bond donors (Lipinski definition) is 0. The van der Waals surface area contributed by atoms with E-state index in [1.807, 2.05) is 26.0 Å². The third kappa shape index (κ3) is 3.23. The number of aryl methyl sites for hydroxylation is 2. The molecular weight excluding hydrogens is 274 g/mol. The number of para-hydroxylation sites is 1. The van der Waals surface area contributed by atoms with Gasteiger partial charge in [0, 0.05) is 7.11 Å². The fraction of sp³-hybridized carbons (Fsp3) is 0.333. The quantitative estimate of drug-likeness (QED) is 0.606. The number of methoxy groups -OCH3 is 1. The summed E-state index contributed by atoms with van der Waals surface area (Å²) in [5.41, 5.74) is 1.33. The van der Waals surface area contributed by atoms with Gasteiger partial charge in [-0.05, 0) is 26.0 Å². The van der Waals surface area contributed by atoms with Gasteiger partial charge in [-0.15, -0.1) is 11.3 Å². The summed E-state index contributed by atoms with van der Waals surface area (Å²) in [4.78, 5) is 17.6. The molecule has 5 heteroatoms. The molecule has 0 atom stereocenters. The number of benzene rings is 1. The van der Waals surface area contributed by atoms with Gasteiger partial charge in [0.25, 0.3) is 0 Å². The molecule has 0 aliphatic rings. The average Bonchev–Trinajstić information content (AvgIpc) is 2.78. The first-order valence-electron chi connectivity index (χ1n) is 6.33. The minimum atomic E-state index is -0.0406. The van der Waals surface area contributed by atoms with Crippen molar-refractivity contribution in [2.75, 3.05) is 20.3 Å². The van der Waals surface area contributed by atoms with Gasteiger partial charge in [0.15, 0.2) is 0 Å². The van der Waals surface area contributed by atoms with E-state index in [9.17, 15) is 4.79 Å². The van der Waals surface area contributed by atoms with Crippen LogP contribution in [0.5, 0.6) is 5.75 Å². The number of carbonyl (C=O) groups excluding carboxylic acids is 1. The molecule has 0 N–H and O–H groups in total. The molecule has 0 aliphatic carbocycles. The highest BCUT2D eigenvalue weighted by Crippen LogP contribution is 2.26. The Bertz CT molecular complexity index is 607. The van der Waals surface area contributed by atoms with Crippen molar-refractivity contribution >= 4 is 17.1 Å². The van der Waals surface area contributed by atoms with Gasteiger partial charge in [0.2, 0.25) is 5.78 Å². The van der Waals surface area contributed by atoms with Gasteiger partial charge >= 0.3 is 0 Å². The lowest BCUT2D eigenvalue weighted by Crippen LogP contribution is -2.09. The summed E-state index contributed by atoms with van der Waals surface area (Å²) in [6.07, 6.45) is 0. The first-order chi connectivity index (χ1) is 9.63. The van der Waals surface area contributed by atoms with Crippen LogP contribution in [0.4, 0.5) is 0 Å². The second kappa shape index (κ2) is 6.63. The normalized spacial score (nSPS) is 10.6. The molecule has 0 spiro atoms. The predicted octanol–water partition coefficient (Wildman–Crippen LogP) is 3.02. The number of carbonyl (C=O) groups is 1. The minimum absolute atomic E-state index is 0.0406. The maximum Gasteiger partial charge on any atom is 0.208 e. The Morgan fingerprint density at radius 2 is 2.00 bits per heavy atom. The zero-order valence-electron chi connectivity index (χ0n) is 11.8. The second-order valence-electron chi connectivity index (χ2n) is 4.31. The molecular formula is C15H17NO3S. The van der Waals surface area contributed by atoms with Crippen molar-refractivity contribution < 1.29 is 14.3 Å². The molecule has 20 heavy (non-hydrogen) atoms. The molecule has 106 valence electrons. The number of hydrogen-bond acceptors (Lipinski definition) is 5. The molecule has 4 nitrogen and oxygen atoms in total. The largest absolute Gasteiger partial charge is 0.490 e. The van der Waals surface area contributed by atoms with Gasteiger partial charge in [0.05, 0.1) is 27.7 Å². The molecule has 0 bridgehead atoms. The van der Waals surface area contributed by atoms with Gasteiger partial charge < -0.3 is 9.47 Å². The molecule has 0 saturated heterocycles. The molecule has 2 rings (SSSR count). The van der Waals surface area contributed by atoms with Crippen molar-refractivity contribution in [2.45, 2.75) is 13.8 Å². The third-order valence-corrected chi connectivity index (χ3v) is 3.86. The number of rotatable bonds is 6. The van der Waals surface area contributed by atoms with E-state index in [-0.39, 0.29) is 5.78 Å². The average molecular weight is 291 g/mol.